The molecule has 0 bridgehead atoms. The molecule has 1 rings (SSSR count). The molecular formula is C9H7NO3. The summed E-state index contributed by atoms with van der Waals surface area (Å²) < 4.78 is 0. The first-order valence-corrected chi connectivity index (χ1v) is 3.50. The van der Waals surface area contributed by atoms with E-state index in [0.717, 1.165) is 0 Å². The van der Waals surface area contributed by atoms with E-state index in [0.29, 0.717) is 11.4 Å². The Balaban J connectivity index is 2.60. The van der Waals surface area contributed by atoms with Crippen molar-refractivity contribution in [1.29, 1.82) is 0 Å². The van der Waals surface area contributed by atoms with Crippen LogP contribution >= 0.6 is 0 Å². The Morgan fingerprint density at radius 1 is 1.62 bits per heavy atom. The molecule has 0 fully saturated rings. The van der Waals surface area contributed by atoms with Gasteiger partial charge in [-0.25, -0.2) is 9.78 Å². The van der Waals surface area contributed by atoms with Crippen LogP contribution in [0.3, 0.4) is 0 Å². The van der Waals surface area contributed by atoms with Crippen molar-refractivity contribution in [2.45, 2.75) is 6.92 Å². The fourth-order valence-electron chi connectivity index (χ4n) is 0.622. The van der Waals surface area contributed by atoms with Gasteiger partial charge in [0.15, 0.2) is 5.75 Å². The minimum Gasteiger partial charge on any atom is -0.285 e. The van der Waals surface area contributed by atoms with Crippen molar-refractivity contribution < 1.29 is 14.6 Å². The summed E-state index contributed by atoms with van der Waals surface area (Å²) in [5.74, 6) is 2.15. The summed E-state index contributed by atoms with van der Waals surface area (Å²) in [5.41, 5.74) is 0.496. The molecule has 4 heteroatoms. The molecule has 0 N–H and O–H groups in total. The second kappa shape index (κ2) is 4.12. The van der Waals surface area contributed by atoms with Crippen molar-refractivity contribution in [2.75, 3.05) is 0 Å². The molecule has 0 aliphatic heterocycles. The van der Waals surface area contributed by atoms with Crippen LogP contribution in [0.5, 0.6) is 5.75 Å². The monoisotopic (exact) mass is 177 g/mol. The maximum absolute atomic E-state index is 10.3. The summed E-state index contributed by atoms with van der Waals surface area (Å²) >= 11 is 0. The Morgan fingerprint density at radius 2 is 2.38 bits per heavy atom. The maximum Gasteiger partial charge on any atom is 0.352 e. The normalized spacial score (nSPS) is 8.62. The van der Waals surface area contributed by atoms with Crippen LogP contribution in [0.15, 0.2) is 18.3 Å². The van der Waals surface area contributed by atoms with E-state index in [4.69, 9.17) is 6.42 Å². The largest absolute Gasteiger partial charge is 0.352 e. The van der Waals surface area contributed by atoms with E-state index in [2.05, 4.69) is 20.7 Å². The van der Waals surface area contributed by atoms with Gasteiger partial charge in [0, 0.05) is 6.92 Å². The van der Waals surface area contributed by atoms with Crippen LogP contribution in [0.2, 0.25) is 0 Å². The SMILES string of the molecule is C#Cc1ccc(OOC(C)=O)cn1. The van der Waals surface area contributed by atoms with E-state index in [1.54, 1.807) is 12.1 Å². The summed E-state index contributed by atoms with van der Waals surface area (Å²) in [6.07, 6.45) is 6.46. The van der Waals surface area contributed by atoms with Gasteiger partial charge in [0.05, 0.1) is 6.20 Å². The van der Waals surface area contributed by atoms with E-state index in [1.165, 1.54) is 13.1 Å². The third kappa shape index (κ3) is 2.83. The van der Waals surface area contributed by atoms with Gasteiger partial charge in [-0.05, 0) is 12.1 Å². The molecule has 0 aliphatic carbocycles. The zero-order chi connectivity index (χ0) is 9.68. The lowest BCUT2D eigenvalue weighted by Gasteiger charge is -2.00. The second-order valence-electron chi connectivity index (χ2n) is 2.18. The molecule has 0 aromatic carbocycles. The van der Waals surface area contributed by atoms with Gasteiger partial charge in [0.1, 0.15) is 5.69 Å². The zero-order valence-corrected chi connectivity index (χ0v) is 6.98. The quantitative estimate of drug-likeness (QED) is 0.383. The minimum absolute atomic E-state index is 0.328. The lowest BCUT2D eigenvalue weighted by atomic mass is 10.3. The predicted molar refractivity (Wildman–Crippen MR) is 44.6 cm³/mol. The summed E-state index contributed by atoms with van der Waals surface area (Å²) in [6.45, 7) is 1.24. The Kier molecular flexibility index (Phi) is 2.87. The van der Waals surface area contributed by atoms with E-state index >= 15 is 0 Å². The smallest absolute Gasteiger partial charge is 0.285 e. The fourth-order valence-corrected chi connectivity index (χ4v) is 0.622. The van der Waals surface area contributed by atoms with Gasteiger partial charge >= 0.3 is 5.97 Å². The number of carbonyl (C=O) groups excluding carboxylic acids is 1. The van der Waals surface area contributed by atoms with Gasteiger partial charge < -0.3 is 0 Å². The molecule has 13 heavy (non-hydrogen) atoms. The summed E-state index contributed by atoms with van der Waals surface area (Å²) in [5, 5.41) is 0. The molecule has 1 heterocycles. The van der Waals surface area contributed by atoms with Crippen molar-refractivity contribution in [3.05, 3.63) is 24.0 Å². The van der Waals surface area contributed by atoms with Crippen LogP contribution in [-0.2, 0) is 9.68 Å². The number of hydrogen-bond donors (Lipinski definition) is 0. The number of hydrogen-bond acceptors (Lipinski definition) is 4. The van der Waals surface area contributed by atoms with Crippen molar-refractivity contribution in [3.63, 3.8) is 0 Å². The summed E-state index contributed by atoms with van der Waals surface area (Å²) in [4.78, 5) is 23.0. The third-order valence-electron chi connectivity index (χ3n) is 1.14. The lowest BCUT2D eigenvalue weighted by molar-refractivity contribution is -0.211. The van der Waals surface area contributed by atoms with Gasteiger partial charge in [-0.3, -0.25) is 9.78 Å². The summed E-state index contributed by atoms with van der Waals surface area (Å²) in [7, 11) is 0. The highest BCUT2D eigenvalue weighted by Gasteiger charge is 1.97. The molecule has 0 amide bonds. The van der Waals surface area contributed by atoms with Gasteiger partial charge in [-0.1, -0.05) is 5.92 Å². The van der Waals surface area contributed by atoms with E-state index < -0.39 is 5.97 Å². The molecule has 0 saturated heterocycles. The lowest BCUT2D eigenvalue weighted by Crippen LogP contribution is -2.02. The number of rotatable bonds is 2. The van der Waals surface area contributed by atoms with E-state index in [-0.39, 0.29) is 0 Å². The van der Waals surface area contributed by atoms with Crippen molar-refractivity contribution >= 4 is 5.97 Å². The van der Waals surface area contributed by atoms with Crippen LogP contribution in [0.1, 0.15) is 12.6 Å². The molecular weight excluding hydrogens is 170 g/mol. The van der Waals surface area contributed by atoms with Crippen molar-refractivity contribution in [3.8, 4) is 18.1 Å². The van der Waals surface area contributed by atoms with Crippen LogP contribution in [-0.4, -0.2) is 11.0 Å². The van der Waals surface area contributed by atoms with Crippen LogP contribution in [0.4, 0.5) is 0 Å². The average Bonchev–Trinajstić information content (AvgIpc) is 2.15. The van der Waals surface area contributed by atoms with Crippen LogP contribution < -0.4 is 4.89 Å². The highest BCUT2D eigenvalue weighted by atomic mass is 17.2. The van der Waals surface area contributed by atoms with Crippen LogP contribution in [0, 0.1) is 12.3 Å². The Bertz CT molecular complexity index is 337. The predicted octanol–water partition coefficient (Wildman–Crippen LogP) is 0.920. The molecule has 1 aromatic heterocycles. The molecule has 0 saturated carbocycles. The minimum atomic E-state index is -0.527. The first kappa shape index (κ1) is 9.07. The molecule has 1 aromatic rings. The molecule has 0 spiro atoms. The molecule has 0 atom stereocenters. The zero-order valence-electron chi connectivity index (χ0n) is 6.98. The van der Waals surface area contributed by atoms with Crippen LogP contribution in [0.25, 0.3) is 0 Å². The van der Waals surface area contributed by atoms with E-state index in [1.807, 2.05) is 0 Å². The number of nitrogens with zero attached hydrogens (tertiary/aromatic N) is 1. The third-order valence-corrected chi connectivity index (χ3v) is 1.14. The first-order chi connectivity index (χ1) is 6.22. The standard InChI is InChI=1S/C9H7NO3/c1-3-8-4-5-9(6-10-8)13-12-7(2)11/h1,4-6H,2H3. The average molecular weight is 177 g/mol. The van der Waals surface area contributed by atoms with Gasteiger partial charge in [0.2, 0.25) is 0 Å². The Hall–Kier alpha value is -2.02. The molecule has 0 unspecified atom stereocenters. The van der Waals surface area contributed by atoms with Gasteiger partial charge in [-0.15, -0.1) is 6.42 Å². The maximum atomic E-state index is 10.3. The first-order valence-electron chi connectivity index (χ1n) is 3.50. The highest BCUT2D eigenvalue weighted by molar-refractivity contribution is 5.65. The number of pyridine rings is 1. The number of aromatic nitrogens is 1. The highest BCUT2D eigenvalue weighted by Crippen LogP contribution is 2.08. The number of carbonyl (C=O) groups is 1. The Labute approximate surface area is 75.4 Å². The molecule has 4 nitrogen and oxygen atoms in total. The molecule has 66 valence electrons. The molecule has 0 aliphatic rings. The summed E-state index contributed by atoms with van der Waals surface area (Å²) in [6, 6.07) is 3.14. The second-order valence-corrected chi connectivity index (χ2v) is 2.18. The van der Waals surface area contributed by atoms with Crippen molar-refractivity contribution in [2.24, 2.45) is 0 Å². The van der Waals surface area contributed by atoms with Gasteiger partial charge in [-0.2, -0.15) is 0 Å². The molecule has 0 radical (unpaired) electrons. The fraction of sp³-hybridized carbons (Fsp3) is 0.111. The Morgan fingerprint density at radius 3 is 2.85 bits per heavy atom. The number of terminal acetylenes is 1. The van der Waals surface area contributed by atoms with E-state index in [9.17, 15) is 4.79 Å². The van der Waals surface area contributed by atoms with Gasteiger partial charge in [0.25, 0.3) is 0 Å². The van der Waals surface area contributed by atoms with Crippen molar-refractivity contribution in [1.82, 2.24) is 4.98 Å². The topological polar surface area (TPSA) is 48.4 Å².